The van der Waals surface area contributed by atoms with Crippen LogP contribution in [0.25, 0.3) is 0 Å². The molecule has 1 aromatic rings. The molecule has 1 heterocycles. The molecule has 1 aliphatic rings. The minimum Gasteiger partial charge on any atom is -0.379 e. The van der Waals surface area contributed by atoms with Crippen LogP contribution >= 0.6 is 0 Å². The lowest BCUT2D eigenvalue weighted by Gasteiger charge is -2.12. The lowest BCUT2D eigenvalue weighted by molar-refractivity contribution is 0.0424. The van der Waals surface area contributed by atoms with E-state index >= 15 is 0 Å². The van der Waals surface area contributed by atoms with Gasteiger partial charge in [-0.25, -0.2) is 8.78 Å². The predicted molar refractivity (Wildman–Crippen MR) is 93.8 cm³/mol. The predicted octanol–water partition coefficient (Wildman–Crippen LogP) is 2.26. The Morgan fingerprint density at radius 3 is 3.00 bits per heavy atom. The molecule has 140 valence electrons. The van der Waals surface area contributed by atoms with Crippen LogP contribution < -0.4 is 10.6 Å². The van der Waals surface area contributed by atoms with Crippen LogP contribution in [-0.2, 0) is 15.9 Å². The standard InChI is InChI=1S/C18H27F2N3O2/c1-2-21-18(22-8-3-10-25-16-7-11-24-13-16)23-9-6-14-12-15(19)4-5-17(14)20/h4-5,12,16H,2-3,6-11,13H2,1H3,(H2,21,22,23). The summed E-state index contributed by atoms with van der Waals surface area (Å²) in [6.45, 7) is 5.95. The molecule has 1 aromatic carbocycles. The SMILES string of the molecule is CCNC(=NCCCOC1CCOC1)NCCc1cc(F)ccc1F. The number of nitrogens with zero attached hydrogens (tertiary/aromatic N) is 1. The van der Waals surface area contributed by atoms with Gasteiger partial charge in [0, 0.05) is 32.8 Å². The molecular formula is C18H27F2N3O2. The van der Waals surface area contributed by atoms with Crippen molar-refractivity contribution in [3.63, 3.8) is 0 Å². The van der Waals surface area contributed by atoms with Gasteiger partial charge in [0.2, 0.25) is 0 Å². The molecule has 0 aromatic heterocycles. The largest absolute Gasteiger partial charge is 0.379 e. The highest BCUT2D eigenvalue weighted by atomic mass is 19.1. The van der Waals surface area contributed by atoms with Gasteiger partial charge < -0.3 is 20.1 Å². The zero-order valence-corrected chi connectivity index (χ0v) is 14.7. The first kappa shape index (κ1) is 19.6. The van der Waals surface area contributed by atoms with Crippen LogP contribution in [0.4, 0.5) is 8.78 Å². The molecule has 0 amide bonds. The average molecular weight is 355 g/mol. The van der Waals surface area contributed by atoms with Crippen molar-refractivity contribution in [2.75, 3.05) is 39.5 Å². The molecule has 5 nitrogen and oxygen atoms in total. The number of halogens is 2. The maximum absolute atomic E-state index is 13.6. The fourth-order valence-electron chi connectivity index (χ4n) is 2.54. The van der Waals surface area contributed by atoms with E-state index in [1.54, 1.807) is 0 Å². The topological polar surface area (TPSA) is 54.9 Å². The molecule has 25 heavy (non-hydrogen) atoms. The van der Waals surface area contributed by atoms with E-state index in [0.29, 0.717) is 44.2 Å². The van der Waals surface area contributed by atoms with Crippen molar-refractivity contribution >= 4 is 5.96 Å². The van der Waals surface area contributed by atoms with Gasteiger partial charge in [0.05, 0.1) is 12.7 Å². The highest BCUT2D eigenvalue weighted by Gasteiger charge is 2.15. The summed E-state index contributed by atoms with van der Waals surface area (Å²) in [5.74, 6) is -0.147. The summed E-state index contributed by atoms with van der Waals surface area (Å²) in [5.41, 5.74) is 0.357. The van der Waals surface area contributed by atoms with Gasteiger partial charge in [-0.2, -0.15) is 0 Å². The van der Waals surface area contributed by atoms with Gasteiger partial charge in [0.1, 0.15) is 11.6 Å². The average Bonchev–Trinajstić information content (AvgIpc) is 3.11. The van der Waals surface area contributed by atoms with Crippen LogP contribution in [0.15, 0.2) is 23.2 Å². The van der Waals surface area contributed by atoms with Crippen molar-refractivity contribution < 1.29 is 18.3 Å². The Morgan fingerprint density at radius 1 is 1.36 bits per heavy atom. The Kier molecular flexibility index (Phi) is 8.62. The van der Waals surface area contributed by atoms with Crippen LogP contribution in [0, 0.1) is 11.6 Å². The monoisotopic (exact) mass is 355 g/mol. The summed E-state index contributed by atoms with van der Waals surface area (Å²) in [7, 11) is 0. The number of nitrogens with one attached hydrogen (secondary N) is 2. The number of rotatable bonds is 9. The van der Waals surface area contributed by atoms with Crippen molar-refractivity contribution in [2.45, 2.75) is 32.3 Å². The normalized spacial score (nSPS) is 17.7. The fraction of sp³-hybridized carbons (Fsp3) is 0.611. The second-order valence-corrected chi connectivity index (χ2v) is 5.88. The van der Waals surface area contributed by atoms with Gasteiger partial charge in [-0.1, -0.05) is 0 Å². The van der Waals surface area contributed by atoms with Crippen LogP contribution in [0.1, 0.15) is 25.3 Å². The Morgan fingerprint density at radius 2 is 2.24 bits per heavy atom. The number of hydrogen-bond acceptors (Lipinski definition) is 3. The number of hydrogen-bond donors (Lipinski definition) is 2. The van der Waals surface area contributed by atoms with Gasteiger partial charge in [-0.3, -0.25) is 4.99 Å². The molecule has 1 atom stereocenters. The summed E-state index contributed by atoms with van der Waals surface area (Å²) in [4.78, 5) is 4.46. The third-order valence-electron chi connectivity index (χ3n) is 3.85. The third-order valence-corrected chi connectivity index (χ3v) is 3.85. The van der Waals surface area contributed by atoms with E-state index in [1.165, 1.54) is 6.07 Å². The highest BCUT2D eigenvalue weighted by Crippen LogP contribution is 2.10. The summed E-state index contributed by atoms with van der Waals surface area (Å²) in [6.07, 6.45) is 2.39. The fourth-order valence-corrected chi connectivity index (χ4v) is 2.54. The minimum absolute atomic E-state index is 0.219. The molecule has 0 bridgehead atoms. The van der Waals surface area contributed by atoms with Gasteiger partial charge >= 0.3 is 0 Å². The quantitative estimate of drug-likeness (QED) is 0.405. The van der Waals surface area contributed by atoms with Gasteiger partial charge in [-0.15, -0.1) is 0 Å². The molecule has 0 spiro atoms. The number of ether oxygens (including phenoxy) is 2. The van der Waals surface area contributed by atoms with Gasteiger partial charge in [-0.05, 0) is 49.9 Å². The summed E-state index contributed by atoms with van der Waals surface area (Å²) < 4.78 is 37.7. The lowest BCUT2D eigenvalue weighted by Crippen LogP contribution is -2.38. The van der Waals surface area contributed by atoms with E-state index in [-0.39, 0.29) is 6.10 Å². The number of aliphatic imine (C=N–C) groups is 1. The molecule has 1 aliphatic heterocycles. The zero-order valence-electron chi connectivity index (χ0n) is 14.7. The Hall–Kier alpha value is -1.73. The first-order valence-electron chi connectivity index (χ1n) is 8.84. The first-order chi connectivity index (χ1) is 12.2. The van der Waals surface area contributed by atoms with Crippen molar-refractivity contribution in [3.8, 4) is 0 Å². The van der Waals surface area contributed by atoms with Gasteiger partial charge in [0.15, 0.2) is 5.96 Å². The van der Waals surface area contributed by atoms with Gasteiger partial charge in [0.25, 0.3) is 0 Å². The highest BCUT2D eigenvalue weighted by molar-refractivity contribution is 5.79. The number of benzene rings is 1. The maximum Gasteiger partial charge on any atom is 0.191 e. The van der Waals surface area contributed by atoms with Crippen LogP contribution in [0.5, 0.6) is 0 Å². The molecule has 2 rings (SSSR count). The van der Waals surface area contributed by atoms with E-state index in [1.807, 2.05) is 6.92 Å². The molecular weight excluding hydrogens is 328 g/mol. The van der Waals surface area contributed by atoms with Crippen molar-refractivity contribution in [3.05, 3.63) is 35.4 Å². The summed E-state index contributed by atoms with van der Waals surface area (Å²) in [6, 6.07) is 3.50. The zero-order chi connectivity index (χ0) is 17.9. The van der Waals surface area contributed by atoms with E-state index in [9.17, 15) is 8.78 Å². The summed E-state index contributed by atoms with van der Waals surface area (Å²) >= 11 is 0. The van der Waals surface area contributed by atoms with Crippen molar-refractivity contribution in [2.24, 2.45) is 4.99 Å². The van der Waals surface area contributed by atoms with Crippen LogP contribution in [0.3, 0.4) is 0 Å². The molecule has 7 heteroatoms. The molecule has 1 unspecified atom stereocenters. The lowest BCUT2D eigenvalue weighted by atomic mass is 10.1. The summed E-state index contributed by atoms with van der Waals surface area (Å²) in [5, 5.41) is 6.27. The van der Waals surface area contributed by atoms with E-state index < -0.39 is 11.6 Å². The minimum atomic E-state index is -0.426. The number of guanidine groups is 1. The van der Waals surface area contributed by atoms with Crippen LogP contribution in [-0.4, -0.2) is 51.5 Å². The molecule has 0 saturated carbocycles. The molecule has 0 aliphatic carbocycles. The van der Waals surface area contributed by atoms with E-state index in [0.717, 1.165) is 38.1 Å². The van der Waals surface area contributed by atoms with Crippen LogP contribution in [0.2, 0.25) is 0 Å². The molecule has 1 saturated heterocycles. The maximum atomic E-state index is 13.6. The smallest absolute Gasteiger partial charge is 0.191 e. The second-order valence-electron chi connectivity index (χ2n) is 5.88. The Balaban J connectivity index is 1.68. The Bertz CT molecular complexity index is 549. The molecule has 2 N–H and O–H groups in total. The Labute approximate surface area is 147 Å². The second kappa shape index (κ2) is 11.0. The van der Waals surface area contributed by atoms with Crippen molar-refractivity contribution in [1.29, 1.82) is 0 Å². The molecule has 0 radical (unpaired) electrons. The van der Waals surface area contributed by atoms with Crippen molar-refractivity contribution in [1.82, 2.24) is 10.6 Å². The van der Waals surface area contributed by atoms with E-state index in [4.69, 9.17) is 9.47 Å². The molecule has 1 fully saturated rings. The van der Waals surface area contributed by atoms with E-state index in [2.05, 4.69) is 15.6 Å². The first-order valence-corrected chi connectivity index (χ1v) is 8.84. The third kappa shape index (κ3) is 7.36.